The summed E-state index contributed by atoms with van der Waals surface area (Å²) in [5.41, 5.74) is 6.81. The Kier molecular flexibility index (Phi) is 5.84. The van der Waals surface area contributed by atoms with Gasteiger partial charge in [-0.2, -0.15) is 11.8 Å². The topological polar surface area (TPSA) is 63.4 Å². The van der Waals surface area contributed by atoms with Gasteiger partial charge >= 0.3 is 0 Å². The standard InChI is InChI=1S/C13H18Cl2N2O2S2/c1-21(18,19)13-8-20-5-4-17(13)12(7-16)9-2-3-10(14)11(15)6-9/h2-3,6,12-13H,4-5,7-8,16H2,1H3. The Balaban J connectivity index is 2.36. The molecule has 1 aromatic carbocycles. The van der Waals surface area contributed by atoms with Crippen molar-refractivity contribution < 1.29 is 8.42 Å². The Morgan fingerprint density at radius 1 is 1.43 bits per heavy atom. The lowest BCUT2D eigenvalue weighted by Gasteiger charge is -2.39. The van der Waals surface area contributed by atoms with Crippen molar-refractivity contribution in [2.45, 2.75) is 11.4 Å². The van der Waals surface area contributed by atoms with Gasteiger partial charge in [-0.1, -0.05) is 29.3 Å². The molecule has 21 heavy (non-hydrogen) atoms. The van der Waals surface area contributed by atoms with Gasteiger partial charge in [0.15, 0.2) is 9.84 Å². The lowest BCUT2D eigenvalue weighted by atomic mass is 10.1. The summed E-state index contributed by atoms with van der Waals surface area (Å²) >= 11 is 13.7. The molecule has 1 aliphatic heterocycles. The third-order valence-electron chi connectivity index (χ3n) is 3.57. The van der Waals surface area contributed by atoms with Crippen LogP contribution < -0.4 is 5.73 Å². The minimum Gasteiger partial charge on any atom is -0.329 e. The Hall–Kier alpha value is 0.0200. The summed E-state index contributed by atoms with van der Waals surface area (Å²) in [5.74, 6) is 1.46. The van der Waals surface area contributed by atoms with E-state index < -0.39 is 15.2 Å². The molecule has 2 unspecified atom stereocenters. The van der Waals surface area contributed by atoms with Gasteiger partial charge in [0.25, 0.3) is 0 Å². The fraction of sp³-hybridized carbons (Fsp3) is 0.538. The molecule has 0 aliphatic carbocycles. The summed E-state index contributed by atoms with van der Waals surface area (Å²) in [5, 5.41) is 0.416. The van der Waals surface area contributed by atoms with Crippen LogP contribution in [-0.4, -0.2) is 49.5 Å². The van der Waals surface area contributed by atoms with E-state index in [1.54, 1.807) is 23.9 Å². The number of halogens is 2. The number of hydrogen-bond acceptors (Lipinski definition) is 5. The first-order valence-corrected chi connectivity index (χ1v) is 10.4. The van der Waals surface area contributed by atoms with Crippen molar-refractivity contribution in [1.29, 1.82) is 0 Å². The fourth-order valence-corrected chi connectivity index (χ4v) is 5.73. The molecular formula is C13H18Cl2N2O2S2. The zero-order valence-corrected chi connectivity index (χ0v) is 14.8. The maximum atomic E-state index is 12.0. The highest BCUT2D eigenvalue weighted by Gasteiger charge is 2.35. The monoisotopic (exact) mass is 368 g/mol. The maximum absolute atomic E-state index is 12.0. The fourth-order valence-electron chi connectivity index (χ4n) is 2.50. The van der Waals surface area contributed by atoms with Crippen molar-refractivity contribution in [3.8, 4) is 0 Å². The van der Waals surface area contributed by atoms with Crippen molar-refractivity contribution in [3.63, 3.8) is 0 Å². The van der Waals surface area contributed by atoms with Crippen molar-refractivity contribution >= 4 is 44.8 Å². The number of benzene rings is 1. The van der Waals surface area contributed by atoms with E-state index in [2.05, 4.69) is 0 Å². The predicted molar refractivity (Wildman–Crippen MR) is 90.9 cm³/mol. The molecule has 0 saturated carbocycles. The van der Waals surface area contributed by atoms with Gasteiger partial charge < -0.3 is 5.73 Å². The summed E-state index contributed by atoms with van der Waals surface area (Å²) in [6.07, 6.45) is 1.28. The van der Waals surface area contributed by atoms with Crippen LogP contribution in [0.5, 0.6) is 0 Å². The van der Waals surface area contributed by atoms with Gasteiger partial charge in [0, 0.05) is 36.9 Å². The molecular weight excluding hydrogens is 351 g/mol. The number of nitrogens with two attached hydrogens (primary N) is 1. The summed E-state index contributed by atoms with van der Waals surface area (Å²) in [6.45, 7) is 1.01. The third kappa shape index (κ3) is 4.06. The van der Waals surface area contributed by atoms with Crippen molar-refractivity contribution in [3.05, 3.63) is 33.8 Å². The van der Waals surface area contributed by atoms with Crippen LogP contribution in [0.1, 0.15) is 11.6 Å². The van der Waals surface area contributed by atoms with E-state index in [4.69, 9.17) is 28.9 Å². The van der Waals surface area contributed by atoms with Gasteiger partial charge in [-0.3, -0.25) is 4.90 Å². The molecule has 0 spiro atoms. The first-order valence-electron chi connectivity index (χ1n) is 6.52. The van der Waals surface area contributed by atoms with E-state index in [9.17, 15) is 8.42 Å². The Bertz CT molecular complexity index is 610. The molecule has 1 fully saturated rings. The van der Waals surface area contributed by atoms with Crippen LogP contribution in [0.25, 0.3) is 0 Å². The molecule has 2 atom stereocenters. The van der Waals surface area contributed by atoms with Crippen LogP contribution in [0.2, 0.25) is 10.0 Å². The zero-order valence-electron chi connectivity index (χ0n) is 11.6. The molecule has 1 aliphatic rings. The number of nitrogens with zero attached hydrogens (tertiary/aromatic N) is 1. The molecule has 1 heterocycles. The van der Waals surface area contributed by atoms with Gasteiger partial charge in [-0.15, -0.1) is 0 Å². The molecule has 0 amide bonds. The van der Waals surface area contributed by atoms with Crippen molar-refractivity contribution in [2.75, 3.05) is 30.9 Å². The van der Waals surface area contributed by atoms with E-state index in [0.717, 1.165) is 11.3 Å². The summed E-state index contributed by atoms with van der Waals surface area (Å²) in [6, 6.07) is 5.16. The second kappa shape index (κ2) is 7.06. The number of hydrogen-bond donors (Lipinski definition) is 1. The van der Waals surface area contributed by atoms with Crippen LogP contribution in [0.3, 0.4) is 0 Å². The highest BCUT2D eigenvalue weighted by atomic mass is 35.5. The normalized spacial score (nSPS) is 22.2. The largest absolute Gasteiger partial charge is 0.329 e. The lowest BCUT2D eigenvalue weighted by molar-refractivity contribution is 0.198. The van der Waals surface area contributed by atoms with Gasteiger partial charge in [-0.25, -0.2) is 8.42 Å². The van der Waals surface area contributed by atoms with Gasteiger partial charge in [0.1, 0.15) is 5.37 Å². The number of thioether (sulfide) groups is 1. The molecule has 2 rings (SSSR count). The van der Waals surface area contributed by atoms with Gasteiger partial charge in [0.2, 0.25) is 0 Å². The quantitative estimate of drug-likeness (QED) is 0.883. The minimum atomic E-state index is -3.17. The lowest BCUT2D eigenvalue weighted by Crippen LogP contribution is -2.50. The third-order valence-corrected chi connectivity index (χ3v) is 6.97. The number of sulfone groups is 1. The highest BCUT2D eigenvalue weighted by Crippen LogP contribution is 2.32. The molecule has 0 bridgehead atoms. The van der Waals surface area contributed by atoms with E-state index in [-0.39, 0.29) is 6.04 Å². The maximum Gasteiger partial charge on any atom is 0.164 e. The van der Waals surface area contributed by atoms with E-state index in [0.29, 0.717) is 28.9 Å². The minimum absolute atomic E-state index is 0.180. The van der Waals surface area contributed by atoms with Crippen LogP contribution in [-0.2, 0) is 9.84 Å². The SMILES string of the molecule is CS(=O)(=O)C1CSCCN1C(CN)c1ccc(Cl)c(Cl)c1. The highest BCUT2D eigenvalue weighted by molar-refractivity contribution is 8.00. The van der Waals surface area contributed by atoms with Crippen molar-refractivity contribution in [2.24, 2.45) is 5.73 Å². The van der Waals surface area contributed by atoms with Crippen LogP contribution >= 0.6 is 35.0 Å². The van der Waals surface area contributed by atoms with E-state index in [1.807, 2.05) is 11.0 Å². The summed E-state index contributed by atoms with van der Waals surface area (Å²) in [7, 11) is -3.17. The predicted octanol–water partition coefficient (Wildman–Crippen LogP) is 2.41. The average Bonchev–Trinajstić information content (AvgIpc) is 2.43. The molecule has 0 radical (unpaired) electrons. The van der Waals surface area contributed by atoms with E-state index >= 15 is 0 Å². The average molecular weight is 369 g/mol. The molecule has 8 heteroatoms. The van der Waals surface area contributed by atoms with Crippen LogP contribution in [0.15, 0.2) is 18.2 Å². The Labute approximate surface area is 139 Å². The summed E-state index contributed by atoms with van der Waals surface area (Å²) < 4.78 is 24.1. The molecule has 1 saturated heterocycles. The Morgan fingerprint density at radius 3 is 2.71 bits per heavy atom. The molecule has 1 aromatic rings. The van der Waals surface area contributed by atoms with Gasteiger partial charge in [0.05, 0.1) is 10.0 Å². The smallest absolute Gasteiger partial charge is 0.164 e. The van der Waals surface area contributed by atoms with Gasteiger partial charge in [-0.05, 0) is 17.7 Å². The first kappa shape index (κ1) is 17.4. The first-order chi connectivity index (χ1) is 9.84. The Morgan fingerprint density at radius 2 is 2.14 bits per heavy atom. The molecule has 4 nitrogen and oxygen atoms in total. The van der Waals surface area contributed by atoms with E-state index in [1.165, 1.54) is 6.26 Å². The van der Waals surface area contributed by atoms with Crippen molar-refractivity contribution in [1.82, 2.24) is 4.90 Å². The second-order valence-corrected chi connectivity index (χ2v) is 9.19. The molecule has 2 N–H and O–H groups in total. The summed E-state index contributed by atoms with van der Waals surface area (Å²) in [4.78, 5) is 1.96. The zero-order chi connectivity index (χ0) is 15.6. The molecule has 0 aromatic heterocycles. The van der Waals surface area contributed by atoms with Crippen LogP contribution in [0.4, 0.5) is 0 Å². The number of rotatable bonds is 4. The van der Waals surface area contributed by atoms with Crippen LogP contribution in [0, 0.1) is 0 Å². The second-order valence-electron chi connectivity index (χ2n) is 5.02. The molecule has 118 valence electrons.